The highest BCUT2D eigenvalue weighted by molar-refractivity contribution is 7.92. The molecule has 1 aromatic heterocycles. The summed E-state index contributed by atoms with van der Waals surface area (Å²) in [4.78, 5) is 16.7. The quantitative estimate of drug-likeness (QED) is 0.243. The van der Waals surface area contributed by atoms with Crippen LogP contribution in [0.4, 0.5) is 5.69 Å². The molecule has 0 atom stereocenters. The van der Waals surface area contributed by atoms with Crippen molar-refractivity contribution >= 4 is 38.5 Å². The number of nitrogens with one attached hydrogen (secondary N) is 1. The summed E-state index contributed by atoms with van der Waals surface area (Å²) in [5.74, 6) is 0.0779. The van der Waals surface area contributed by atoms with Crippen LogP contribution in [0.3, 0.4) is 0 Å². The van der Waals surface area contributed by atoms with E-state index in [0.29, 0.717) is 23.2 Å². The molecular weight excluding hydrogens is 478 g/mol. The molecule has 3 aromatic rings. The van der Waals surface area contributed by atoms with Gasteiger partial charge in [0.2, 0.25) is 10.0 Å². The molecule has 4 rings (SSSR count). The summed E-state index contributed by atoms with van der Waals surface area (Å²) >= 11 is 0. The number of aromatic nitrogens is 2. The molecule has 10 heteroatoms. The lowest BCUT2D eigenvalue weighted by molar-refractivity contribution is -0.142. The molecular formula is C26H33N5O4S. The third kappa shape index (κ3) is 5.53. The summed E-state index contributed by atoms with van der Waals surface area (Å²) in [7, 11) is -1.79. The molecule has 0 saturated heterocycles. The zero-order valence-corrected chi connectivity index (χ0v) is 21.6. The van der Waals surface area contributed by atoms with E-state index in [2.05, 4.69) is 0 Å². The maximum Gasteiger partial charge on any atom is 0.306 e. The molecule has 36 heavy (non-hydrogen) atoms. The normalized spacial score (nSPS) is 14.3. The van der Waals surface area contributed by atoms with Crippen molar-refractivity contribution in [1.82, 2.24) is 9.55 Å². The van der Waals surface area contributed by atoms with Gasteiger partial charge in [0.05, 0.1) is 35.5 Å². The van der Waals surface area contributed by atoms with Gasteiger partial charge in [-0.05, 0) is 43.5 Å². The first-order valence-electron chi connectivity index (χ1n) is 12.3. The second-order valence-corrected chi connectivity index (χ2v) is 11.1. The molecule has 0 radical (unpaired) electrons. The van der Waals surface area contributed by atoms with Crippen LogP contribution in [0, 0.1) is 5.41 Å². The molecule has 0 spiro atoms. The van der Waals surface area contributed by atoms with Crippen LogP contribution in [0.5, 0.6) is 0 Å². The summed E-state index contributed by atoms with van der Waals surface area (Å²) in [5.41, 5.74) is 9.46. The van der Waals surface area contributed by atoms with Crippen LogP contribution in [0.15, 0.2) is 42.5 Å². The van der Waals surface area contributed by atoms with Crippen molar-refractivity contribution in [3.05, 3.63) is 59.4 Å². The van der Waals surface area contributed by atoms with Crippen LogP contribution < -0.4 is 10.0 Å². The van der Waals surface area contributed by atoms with Crippen LogP contribution in [0.1, 0.15) is 56.0 Å². The van der Waals surface area contributed by atoms with E-state index < -0.39 is 16.0 Å². The van der Waals surface area contributed by atoms with E-state index in [1.165, 1.54) is 4.31 Å². The van der Waals surface area contributed by atoms with Gasteiger partial charge in [0.25, 0.3) is 0 Å². The first-order chi connectivity index (χ1) is 17.2. The smallest absolute Gasteiger partial charge is 0.306 e. The number of fused-ring (bicyclic) bond motifs is 1. The molecule has 1 fully saturated rings. The first-order valence-corrected chi connectivity index (χ1v) is 13.9. The van der Waals surface area contributed by atoms with E-state index in [-0.39, 0.29) is 30.7 Å². The number of sulfonamides is 1. The molecule has 0 aliphatic heterocycles. The minimum absolute atomic E-state index is 0.0286. The fraction of sp³-hybridized carbons (Fsp3) is 0.423. The second-order valence-electron chi connectivity index (χ2n) is 9.15. The van der Waals surface area contributed by atoms with E-state index in [1.54, 1.807) is 6.92 Å². The van der Waals surface area contributed by atoms with Gasteiger partial charge in [-0.2, -0.15) is 0 Å². The number of rotatable bonds is 10. The maximum atomic E-state index is 13.4. The van der Waals surface area contributed by atoms with E-state index >= 15 is 0 Å². The molecule has 192 valence electrons. The molecule has 1 heterocycles. The van der Waals surface area contributed by atoms with E-state index in [4.69, 9.17) is 20.9 Å². The number of amidine groups is 1. The van der Waals surface area contributed by atoms with Crippen molar-refractivity contribution in [2.45, 2.75) is 51.5 Å². The first kappa shape index (κ1) is 25.7. The Balaban J connectivity index is 1.63. The van der Waals surface area contributed by atoms with Gasteiger partial charge < -0.3 is 15.0 Å². The highest BCUT2D eigenvalue weighted by Crippen LogP contribution is 2.33. The number of ether oxygens (including phenoxy) is 1. The van der Waals surface area contributed by atoms with E-state index in [0.717, 1.165) is 42.6 Å². The highest BCUT2D eigenvalue weighted by atomic mass is 32.2. The molecule has 1 aliphatic rings. The Bertz CT molecular complexity index is 1360. The maximum absolute atomic E-state index is 13.4. The number of carbonyl (C=O) groups excluding carboxylic acids is 1. The van der Waals surface area contributed by atoms with Crippen LogP contribution in [0.2, 0.25) is 0 Å². The number of hydrogen-bond donors (Lipinski definition) is 2. The summed E-state index contributed by atoms with van der Waals surface area (Å²) in [6.07, 6.45) is 3.96. The molecule has 1 saturated carbocycles. The number of nitrogen functional groups attached to an aromatic ring is 1. The molecule has 3 N–H and O–H groups in total. The average Bonchev–Trinajstić information content (AvgIpc) is 3.47. The van der Waals surface area contributed by atoms with Crippen LogP contribution in [-0.2, 0) is 33.0 Å². The Kier molecular flexibility index (Phi) is 7.63. The number of imidazole rings is 1. The van der Waals surface area contributed by atoms with Crippen LogP contribution in [-0.4, -0.2) is 48.2 Å². The average molecular weight is 512 g/mol. The largest absolute Gasteiger partial charge is 0.466 e. The highest BCUT2D eigenvalue weighted by Gasteiger charge is 2.33. The van der Waals surface area contributed by atoms with Crippen molar-refractivity contribution in [2.24, 2.45) is 12.8 Å². The Morgan fingerprint density at radius 1 is 1.19 bits per heavy atom. The third-order valence-electron chi connectivity index (χ3n) is 6.66. The fourth-order valence-electron chi connectivity index (χ4n) is 4.80. The van der Waals surface area contributed by atoms with Crippen molar-refractivity contribution < 1.29 is 17.9 Å². The van der Waals surface area contributed by atoms with Crippen LogP contribution in [0.25, 0.3) is 11.0 Å². The minimum atomic E-state index is -3.73. The van der Waals surface area contributed by atoms with Gasteiger partial charge in [-0.25, -0.2) is 13.4 Å². The summed E-state index contributed by atoms with van der Waals surface area (Å²) in [6.45, 7) is 1.93. The van der Waals surface area contributed by atoms with Gasteiger partial charge in [-0.15, -0.1) is 0 Å². The predicted molar refractivity (Wildman–Crippen MR) is 141 cm³/mol. The summed E-state index contributed by atoms with van der Waals surface area (Å²) in [5, 5.41) is 7.55. The van der Waals surface area contributed by atoms with Crippen molar-refractivity contribution in [2.75, 3.05) is 16.7 Å². The Labute approximate surface area is 211 Å². The Hall–Kier alpha value is -3.40. The Morgan fingerprint density at radius 3 is 2.53 bits per heavy atom. The van der Waals surface area contributed by atoms with E-state index in [9.17, 15) is 13.2 Å². The number of aryl methyl sites for hydroxylation is 1. The van der Waals surface area contributed by atoms with Gasteiger partial charge in [-0.1, -0.05) is 37.1 Å². The van der Waals surface area contributed by atoms with Crippen molar-refractivity contribution in [3.63, 3.8) is 0 Å². The van der Waals surface area contributed by atoms with Gasteiger partial charge in [0.1, 0.15) is 11.7 Å². The zero-order chi connectivity index (χ0) is 25.9. The molecule has 9 nitrogen and oxygen atoms in total. The SMILES string of the molecule is CCOC(=O)CCS(=O)(=O)N(c1ccc2c(c1)nc(Cc1ccc(C(=N)N)cc1)n2C)C1CCCC1. The van der Waals surface area contributed by atoms with Crippen LogP contribution >= 0.6 is 0 Å². The van der Waals surface area contributed by atoms with E-state index in [1.807, 2.05) is 54.1 Å². The predicted octanol–water partition coefficient (Wildman–Crippen LogP) is 3.48. The number of hydrogen-bond acceptors (Lipinski definition) is 6. The molecule has 0 amide bonds. The standard InChI is InChI=1S/C26H33N5O4S/c1-3-35-25(32)14-15-36(33,34)31(20-6-4-5-7-20)21-12-13-23-22(17-21)29-24(30(23)2)16-18-8-10-19(11-9-18)26(27)28/h8-13,17,20H,3-7,14-16H2,1-2H3,(H3,27,28). The molecule has 0 unspecified atom stereocenters. The number of nitrogens with two attached hydrogens (primary N) is 1. The van der Waals surface area contributed by atoms with Gasteiger partial charge >= 0.3 is 5.97 Å². The zero-order valence-electron chi connectivity index (χ0n) is 20.7. The third-order valence-corrected chi connectivity index (χ3v) is 8.49. The number of nitrogens with zero attached hydrogens (tertiary/aromatic N) is 3. The van der Waals surface area contributed by atoms with Gasteiger partial charge in [0.15, 0.2) is 0 Å². The van der Waals surface area contributed by atoms with Crippen molar-refractivity contribution in [1.29, 1.82) is 5.41 Å². The molecule has 0 bridgehead atoms. The molecule has 2 aromatic carbocycles. The molecule has 1 aliphatic carbocycles. The number of esters is 1. The Morgan fingerprint density at radius 2 is 1.89 bits per heavy atom. The lowest BCUT2D eigenvalue weighted by atomic mass is 10.1. The minimum Gasteiger partial charge on any atom is -0.466 e. The monoisotopic (exact) mass is 511 g/mol. The lowest BCUT2D eigenvalue weighted by Gasteiger charge is -2.30. The lowest BCUT2D eigenvalue weighted by Crippen LogP contribution is -2.40. The number of anilines is 1. The van der Waals surface area contributed by atoms with Crippen molar-refractivity contribution in [3.8, 4) is 0 Å². The number of carbonyl (C=O) groups is 1. The topological polar surface area (TPSA) is 131 Å². The van der Waals surface area contributed by atoms with Gasteiger partial charge in [0, 0.05) is 25.1 Å². The number of benzene rings is 2. The van der Waals surface area contributed by atoms with Gasteiger partial charge in [-0.3, -0.25) is 14.5 Å². The summed E-state index contributed by atoms with van der Waals surface area (Å²) in [6, 6.07) is 12.9. The summed E-state index contributed by atoms with van der Waals surface area (Å²) < 4.78 is 35.3. The fourth-order valence-corrected chi connectivity index (χ4v) is 6.52. The second kappa shape index (κ2) is 10.7.